The van der Waals surface area contributed by atoms with Crippen LogP contribution < -0.4 is 5.32 Å². The summed E-state index contributed by atoms with van der Waals surface area (Å²) in [6, 6.07) is 6.42. The first-order valence-corrected chi connectivity index (χ1v) is 6.73. The number of benzene rings is 1. The second-order valence-electron chi connectivity index (χ2n) is 4.69. The lowest BCUT2D eigenvalue weighted by molar-refractivity contribution is 0.0711. The van der Waals surface area contributed by atoms with E-state index in [0.29, 0.717) is 18.7 Å². The predicted molar refractivity (Wildman–Crippen MR) is 77.0 cm³/mol. The Morgan fingerprint density at radius 2 is 2.20 bits per heavy atom. The van der Waals surface area contributed by atoms with Gasteiger partial charge in [0.2, 0.25) is 0 Å². The molecule has 0 atom stereocenters. The highest BCUT2D eigenvalue weighted by molar-refractivity contribution is 5.99. The number of para-hydroxylation sites is 1. The zero-order chi connectivity index (χ0) is 15.1. The van der Waals surface area contributed by atoms with Gasteiger partial charge in [0.05, 0.1) is 23.7 Å². The molecule has 0 aliphatic carbocycles. The number of nitrogens with one attached hydrogen (secondary N) is 1. The van der Waals surface area contributed by atoms with E-state index < -0.39 is 5.82 Å². The molecule has 0 unspecified atom stereocenters. The molecule has 1 aromatic rings. The van der Waals surface area contributed by atoms with E-state index in [1.807, 2.05) is 26.8 Å². The topological polar surface area (TPSA) is 56.1 Å². The molecule has 108 valence electrons. The minimum Gasteiger partial charge on any atom is -0.382 e. The number of carbonyl (C=O) groups is 1. The SMILES string of the molecule is CCNc1c(F)cccc1C(=O)N(CCC#N)C(C)C. The average molecular weight is 277 g/mol. The highest BCUT2D eigenvalue weighted by atomic mass is 19.1. The van der Waals surface area contributed by atoms with Crippen molar-refractivity contribution in [1.29, 1.82) is 5.26 Å². The van der Waals surface area contributed by atoms with E-state index in [0.717, 1.165) is 0 Å². The van der Waals surface area contributed by atoms with Crippen molar-refractivity contribution in [2.45, 2.75) is 33.2 Å². The molecule has 0 bridgehead atoms. The molecule has 0 fully saturated rings. The van der Waals surface area contributed by atoms with Crippen LogP contribution in [0.3, 0.4) is 0 Å². The van der Waals surface area contributed by atoms with Crippen molar-refractivity contribution in [3.05, 3.63) is 29.6 Å². The lowest BCUT2D eigenvalue weighted by atomic mass is 10.1. The van der Waals surface area contributed by atoms with Crippen LogP contribution in [0.1, 0.15) is 37.6 Å². The Hall–Kier alpha value is -2.09. The van der Waals surface area contributed by atoms with Gasteiger partial charge in [0.25, 0.3) is 5.91 Å². The monoisotopic (exact) mass is 277 g/mol. The van der Waals surface area contributed by atoms with Crippen molar-refractivity contribution in [2.75, 3.05) is 18.4 Å². The number of anilines is 1. The summed E-state index contributed by atoms with van der Waals surface area (Å²) < 4.78 is 13.8. The Labute approximate surface area is 119 Å². The van der Waals surface area contributed by atoms with Crippen LogP contribution in [0.25, 0.3) is 0 Å². The van der Waals surface area contributed by atoms with Gasteiger partial charge >= 0.3 is 0 Å². The molecule has 0 radical (unpaired) electrons. The largest absolute Gasteiger partial charge is 0.382 e. The summed E-state index contributed by atoms with van der Waals surface area (Å²) in [5.41, 5.74) is 0.529. The van der Waals surface area contributed by atoms with Crippen molar-refractivity contribution in [3.8, 4) is 6.07 Å². The molecular formula is C15H20FN3O. The number of hydrogen-bond donors (Lipinski definition) is 1. The molecule has 0 aromatic heterocycles. The van der Waals surface area contributed by atoms with Crippen molar-refractivity contribution >= 4 is 11.6 Å². The van der Waals surface area contributed by atoms with E-state index in [2.05, 4.69) is 5.32 Å². The lowest BCUT2D eigenvalue weighted by Gasteiger charge is -2.27. The molecule has 5 heteroatoms. The molecule has 1 amide bonds. The number of hydrogen-bond acceptors (Lipinski definition) is 3. The molecule has 0 heterocycles. The first-order chi connectivity index (χ1) is 9.52. The van der Waals surface area contributed by atoms with Crippen LogP contribution in [-0.2, 0) is 0 Å². The maximum absolute atomic E-state index is 13.8. The predicted octanol–water partition coefficient (Wildman–Crippen LogP) is 3.02. The van der Waals surface area contributed by atoms with Crippen LogP contribution in [0.4, 0.5) is 10.1 Å². The third-order valence-electron chi connectivity index (χ3n) is 2.95. The number of rotatable bonds is 6. The molecular weight excluding hydrogens is 257 g/mol. The van der Waals surface area contributed by atoms with Crippen LogP contribution in [0.15, 0.2) is 18.2 Å². The van der Waals surface area contributed by atoms with Crippen LogP contribution in [0.2, 0.25) is 0 Å². The van der Waals surface area contributed by atoms with Crippen molar-refractivity contribution < 1.29 is 9.18 Å². The first-order valence-electron chi connectivity index (χ1n) is 6.73. The molecule has 1 rings (SSSR count). The molecule has 20 heavy (non-hydrogen) atoms. The summed E-state index contributed by atoms with van der Waals surface area (Å²) in [5, 5.41) is 11.6. The molecule has 4 nitrogen and oxygen atoms in total. The number of carbonyl (C=O) groups excluding carboxylic acids is 1. The van der Waals surface area contributed by atoms with Gasteiger partial charge in [-0.25, -0.2) is 4.39 Å². The molecule has 0 spiro atoms. The van der Waals surface area contributed by atoms with Gasteiger partial charge < -0.3 is 10.2 Å². The van der Waals surface area contributed by atoms with E-state index in [1.165, 1.54) is 12.1 Å². The molecule has 0 aliphatic rings. The van der Waals surface area contributed by atoms with Gasteiger partial charge in [-0.05, 0) is 32.9 Å². The highest BCUT2D eigenvalue weighted by Gasteiger charge is 2.22. The number of halogens is 1. The van der Waals surface area contributed by atoms with Gasteiger partial charge in [-0.3, -0.25) is 4.79 Å². The number of nitrogens with zero attached hydrogens (tertiary/aromatic N) is 2. The van der Waals surface area contributed by atoms with Crippen LogP contribution in [0.5, 0.6) is 0 Å². The minimum atomic E-state index is -0.443. The smallest absolute Gasteiger partial charge is 0.256 e. The van der Waals surface area contributed by atoms with Crippen molar-refractivity contribution in [1.82, 2.24) is 4.90 Å². The molecule has 1 N–H and O–H groups in total. The third-order valence-corrected chi connectivity index (χ3v) is 2.95. The summed E-state index contributed by atoms with van der Waals surface area (Å²) in [5.74, 6) is -0.701. The zero-order valence-electron chi connectivity index (χ0n) is 12.1. The maximum Gasteiger partial charge on any atom is 0.256 e. The van der Waals surface area contributed by atoms with Gasteiger partial charge in [0.15, 0.2) is 0 Å². The summed E-state index contributed by atoms with van der Waals surface area (Å²) in [6.45, 7) is 6.47. The van der Waals surface area contributed by atoms with Crippen LogP contribution in [0, 0.1) is 17.1 Å². The Morgan fingerprint density at radius 1 is 1.50 bits per heavy atom. The van der Waals surface area contributed by atoms with Gasteiger partial charge in [-0.1, -0.05) is 6.07 Å². The second kappa shape index (κ2) is 7.49. The number of amides is 1. The summed E-state index contributed by atoms with van der Waals surface area (Å²) in [4.78, 5) is 14.1. The summed E-state index contributed by atoms with van der Waals surface area (Å²) in [7, 11) is 0. The number of nitriles is 1. The second-order valence-corrected chi connectivity index (χ2v) is 4.69. The van der Waals surface area contributed by atoms with E-state index in [-0.39, 0.29) is 24.1 Å². The van der Waals surface area contributed by atoms with Gasteiger partial charge in [-0.2, -0.15) is 5.26 Å². The normalized spacial score (nSPS) is 10.2. The van der Waals surface area contributed by atoms with Crippen LogP contribution in [-0.4, -0.2) is 29.9 Å². The van der Waals surface area contributed by atoms with E-state index in [9.17, 15) is 9.18 Å². The van der Waals surface area contributed by atoms with Gasteiger partial charge in [0.1, 0.15) is 5.82 Å². The minimum absolute atomic E-state index is 0.0476. The fraction of sp³-hybridized carbons (Fsp3) is 0.467. The zero-order valence-corrected chi connectivity index (χ0v) is 12.1. The summed E-state index contributed by atoms with van der Waals surface area (Å²) in [6.07, 6.45) is 0.260. The molecule has 0 aliphatic heterocycles. The Balaban J connectivity index is 3.11. The van der Waals surface area contributed by atoms with Crippen molar-refractivity contribution in [2.24, 2.45) is 0 Å². The highest BCUT2D eigenvalue weighted by Crippen LogP contribution is 2.22. The molecule has 0 saturated heterocycles. The standard InChI is InChI=1S/C15H20FN3O/c1-4-18-14-12(7-5-8-13(14)16)15(20)19(11(2)3)10-6-9-17/h5,7-8,11,18H,4,6,10H2,1-3H3. The van der Waals surface area contributed by atoms with E-state index in [4.69, 9.17) is 5.26 Å². The fourth-order valence-corrected chi connectivity index (χ4v) is 1.98. The maximum atomic E-state index is 13.8. The van der Waals surface area contributed by atoms with E-state index in [1.54, 1.807) is 11.0 Å². The Bertz CT molecular complexity index is 508. The van der Waals surface area contributed by atoms with Crippen LogP contribution >= 0.6 is 0 Å². The quantitative estimate of drug-likeness (QED) is 0.869. The summed E-state index contributed by atoms with van der Waals surface area (Å²) >= 11 is 0. The Kier molecular flexibility index (Phi) is 5.98. The van der Waals surface area contributed by atoms with Gasteiger partial charge in [-0.15, -0.1) is 0 Å². The molecule has 1 aromatic carbocycles. The Morgan fingerprint density at radius 3 is 2.75 bits per heavy atom. The fourth-order valence-electron chi connectivity index (χ4n) is 1.98. The third kappa shape index (κ3) is 3.70. The van der Waals surface area contributed by atoms with E-state index >= 15 is 0 Å². The van der Waals surface area contributed by atoms with Gasteiger partial charge in [0, 0.05) is 19.1 Å². The average Bonchev–Trinajstić information content (AvgIpc) is 2.41. The molecule has 0 saturated carbocycles. The van der Waals surface area contributed by atoms with Crippen molar-refractivity contribution in [3.63, 3.8) is 0 Å². The lowest BCUT2D eigenvalue weighted by Crippen LogP contribution is -2.38. The first kappa shape index (κ1) is 16.0.